The zero-order chi connectivity index (χ0) is 15.7. The fourth-order valence-electron chi connectivity index (χ4n) is 1.76. The van der Waals surface area contributed by atoms with Gasteiger partial charge in [-0.05, 0) is 25.3 Å². The van der Waals surface area contributed by atoms with E-state index in [4.69, 9.17) is 4.74 Å². The molecule has 0 spiro atoms. The van der Waals surface area contributed by atoms with Crippen LogP contribution in [0, 0.1) is 5.92 Å². The van der Waals surface area contributed by atoms with Crippen LogP contribution in [-0.4, -0.2) is 25.7 Å². The molecule has 4 nitrogen and oxygen atoms in total. The van der Waals surface area contributed by atoms with Gasteiger partial charge in [0.15, 0.2) is 5.96 Å². The maximum absolute atomic E-state index is 5.87. The zero-order valence-electron chi connectivity index (χ0n) is 13.9. The van der Waals surface area contributed by atoms with E-state index in [0.29, 0.717) is 18.5 Å². The second-order valence-electron chi connectivity index (χ2n) is 5.69. The van der Waals surface area contributed by atoms with E-state index in [1.54, 1.807) is 7.05 Å². The van der Waals surface area contributed by atoms with Gasteiger partial charge >= 0.3 is 0 Å². The van der Waals surface area contributed by atoms with Gasteiger partial charge in [0.05, 0.1) is 6.61 Å². The Morgan fingerprint density at radius 3 is 2.57 bits per heavy atom. The molecule has 0 aliphatic heterocycles. The molecule has 0 aromatic heterocycles. The summed E-state index contributed by atoms with van der Waals surface area (Å²) in [5, 5.41) is 6.69. The van der Waals surface area contributed by atoms with Gasteiger partial charge in [-0.15, -0.1) is 0 Å². The van der Waals surface area contributed by atoms with Crippen LogP contribution in [0.4, 0.5) is 0 Å². The van der Waals surface area contributed by atoms with Crippen LogP contribution in [-0.2, 0) is 6.54 Å². The van der Waals surface area contributed by atoms with E-state index in [0.717, 1.165) is 30.3 Å². The van der Waals surface area contributed by atoms with Crippen molar-refractivity contribution in [1.82, 2.24) is 10.6 Å². The number of benzene rings is 1. The minimum Gasteiger partial charge on any atom is -0.493 e. The maximum atomic E-state index is 5.87. The third-order valence-corrected chi connectivity index (χ3v) is 3.21. The van der Waals surface area contributed by atoms with Crippen molar-refractivity contribution in [2.24, 2.45) is 10.9 Å². The Kier molecular flexibility index (Phi) is 7.65. The summed E-state index contributed by atoms with van der Waals surface area (Å²) >= 11 is 0. The van der Waals surface area contributed by atoms with Crippen LogP contribution in [0.5, 0.6) is 5.75 Å². The SMILES string of the molecule is CCC(C)NC(=NC)NCc1ccccc1OCC(C)C. The lowest BCUT2D eigenvalue weighted by molar-refractivity contribution is 0.268. The lowest BCUT2D eigenvalue weighted by atomic mass is 10.2. The first kappa shape index (κ1) is 17.3. The Bertz CT molecular complexity index is 443. The third-order valence-electron chi connectivity index (χ3n) is 3.21. The van der Waals surface area contributed by atoms with Crippen LogP contribution in [0.2, 0.25) is 0 Å². The molecule has 21 heavy (non-hydrogen) atoms. The molecule has 1 atom stereocenters. The van der Waals surface area contributed by atoms with Gasteiger partial charge in [-0.25, -0.2) is 0 Å². The first-order valence-corrected chi connectivity index (χ1v) is 7.74. The average molecular weight is 291 g/mol. The van der Waals surface area contributed by atoms with Crippen molar-refractivity contribution >= 4 is 5.96 Å². The first-order valence-electron chi connectivity index (χ1n) is 7.74. The van der Waals surface area contributed by atoms with Crippen molar-refractivity contribution in [2.45, 2.75) is 46.7 Å². The summed E-state index contributed by atoms with van der Waals surface area (Å²) in [6.45, 7) is 10.0. The van der Waals surface area contributed by atoms with E-state index in [-0.39, 0.29) is 0 Å². The Hall–Kier alpha value is -1.71. The average Bonchev–Trinajstić information content (AvgIpc) is 2.49. The predicted octanol–water partition coefficient (Wildman–Crippen LogP) is 3.18. The van der Waals surface area contributed by atoms with E-state index >= 15 is 0 Å². The normalized spacial score (nSPS) is 13.1. The molecule has 118 valence electrons. The second kappa shape index (κ2) is 9.27. The van der Waals surface area contributed by atoms with Crippen LogP contribution in [0.3, 0.4) is 0 Å². The number of nitrogens with one attached hydrogen (secondary N) is 2. The quantitative estimate of drug-likeness (QED) is 0.599. The Morgan fingerprint density at radius 2 is 1.95 bits per heavy atom. The van der Waals surface area contributed by atoms with E-state index in [2.05, 4.69) is 49.4 Å². The zero-order valence-corrected chi connectivity index (χ0v) is 13.9. The van der Waals surface area contributed by atoms with E-state index in [1.165, 1.54) is 0 Å². The van der Waals surface area contributed by atoms with Crippen molar-refractivity contribution in [3.63, 3.8) is 0 Å². The molecule has 0 fully saturated rings. The highest BCUT2D eigenvalue weighted by atomic mass is 16.5. The molecule has 1 aromatic carbocycles. The summed E-state index contributed by atoms with van der Waals surface area (Å²) < 4.78 is 5.87. The van der Waals surface area contributed by atoms with Crippen molar-refractivity contribution in [1.29, 1.82) is 0 Å². The van der Waals surface area contributed by atoms with E-state index < -0.39 is 0 Å². The summed E-state index contributed by atoms with van der Waals surface area (Å²) in [6.07, 6.45) is 1.06. The van der Waals surface area contributed by atoms with Gasteiger partial charge in [0, 0.05) is 25.2 Å². The molecular formula is C17H29N3O. The highest BCUT2D eigenvalue weighted by Crippen LogP contribution is 2.18. The minimum absolute atomic E-state index is 0.406. The Balaban J connectivity index is 2.61. The summed E-state index contributed by atoms with van der Waals surface area (Å²) in [6, 6.07) is 8.54. The largest absolute Gasteiger partial charge is 0.493 e. The number of para-hydroxylation sites is 1. The van der Waals surface area contributed by atoms with Crippen molar-refractivity contribution < 1.29 is 4.74 Å². The molecule has 4 heteroatoms. The first-order chi connectivity index (χ1) is 10.1. The van der Waals surface area contributed by atoms with Crippen LogP contribution in [0.15, 0.2) is 29.3 Å². The third kappa shape index (κ3) is 6.52. The molecule has 1 aromatic rings. The molecule has 0 aliphatic rings. The van der Waals surface area contributed by atoms with Crippen LogP contribution >= 0.6 is 0 Å². The smallest absolute Gasteiger partial charge is 0.191 e. The van der Waals surface area contributed by atoms with Gasteiger partial charge in [0.2, 0.25) is 0 Å². The molecular weight excluding hydrogens is 262 g/mol. The molecule has 0 heterocycles. The summed E-state index contributed by atoms with van der Waals surface area (Å²) in [4.78, 5) is 4.25. The summed E-state index contributed by atoms with van der Waals surface area (Å²) in [5.41, 5.74) is 1.14. The highest BCUT2D eigenvalue weighted by Gasteiger charge is 2.06. The van der Waals surface area contributed by atoms with Gasteiger partial charge in [-0.3, -0.25) is 4.99 Å². The van der Waals surface area contributed by atoms with Crippen molar-refractivity contribution in [3.8, 4) is 5.75 Å². The van der Waals surface area contributed by atoms with Gasteiger partial charge in [0.1, 0.15) is 5.75 Å². The lowest BCUT2D eigenvalue weighted by Gasteiger charge is -2.18. The summed E-state index contributed by atoms with van der Waals surface area (Å²) in [5.74, 6) is 2.28. The molecule has 0 bridgehead atoms. The number of hydrogen-bond donors (Lipinski definition) is 2. The number of aliphatic imine (C=N–C) groups is 1. The molecule has 0 aliphatic carbocycles. The van der Waals surface area contributed by atoms with Crippen LogP contribution in [0.25, 0.3) is 0 Å². The lowest BCUT2D eigenvalue weighted by Crippen LogP contribution is -2.41. The topological polar surface area (TPSA) is 45.7 Å². The molecule has 0 saturated heterocycles. The van der Waals surface area contributed by atoms with Crippen LogP contribution < -0.4 is 15.4 Å². The molecule has 2 N–H and O–H groups in total. The molecule has 0 radical (unpaired) electrons. The molecule has 1 unspecified atom stereocenters. The van der Waals surface area contributed by atoms with Gasteiger partial charge in [0.25, 0.3) is 0 Å². The van der Waals surface area contributed by atoms with Gasteiger partial charge < -0.3 is 15.4 Å². The van der Waals surface area contributed by atoms with Gasteiger partial charge in [-0.1, -0.05) is 39.0 Å². The number of nitrogens with zero attached hydrogens (tertiary/aromatic N) is 1. The highest BCUT2D eigenvalue weighted by molar-refractivity contribution is 5.79. The number of hydrogen-bond acceptors (Lipinski definition) is 2. The number of ether oxygens (including phenoxy) is 1. The number of rotatable bonds is 7. The second-order valence-corrected chi connectivity index (χ2v) is 5.69. The molecule has 1 rings (SSSR count). The number of guanidine groups is 1. The van der Waals surface area contributed by atoms with Crippen molar-refractivity contribution in [3.05, 3.63) is 29.8 Å². The fourth-order valence-corrected chi connectivity index (χ4v) is 1.76. The monoisotopic (exact) mass is 291 g/mol. The minimum atomic E-state index is 0.406. The van der Waals surface area contributed by atoms with Crippen molar-refractivity contribution in [2.75, 3.05) is 13.7 Å². The molecule has 0 saturated carbocycles. The predicted molar refractivity (Wildman–Crippen MR) is 89.9 cm³/mol. The standard InChI is InChI=1S/C17H29N3O/c1-6-14(4)20-17(18-5)19-11-15-9-7-8-10-16(15)21-12-13(2)3/h7-10,13-14H,6,11-12H2,1-5H3,(H2,18,19,20). The van der Waals surface area contributed by atoms with Crippen LogP contribution in [0.1, 0.15) is 39.7 Å². The fraction of sp³-hybridized carbons (Fsp3) is 0.588. The van der Waals surface area contributed by atoms with E-state index in [9.17, 15) is 0 Å². The molecule has 0 amide bonds. The summed E-state index contributed by atoms with van der Waals surface area (Å²) in [7, 11) is 1.79. The van der Waals surface area contributed by atoms with E-state index in [1.807, 2.05) is 18.2 Å². The maximum Gasteiger partial charge on any atom is 0.191 e. The Morgan fingerprint density at radius 1 is 1.24 bits per heavy atom. The Labute approximate surface area is 129 Å². The van der Waals surface area contributed by atoms with Gasteiger partial charge in [-0.2, -0.15) is 0 Å².